The van der Waals surface area contributed by atoms with Crippen LogP contribution in [0.25, 0.3) is 0 Å². The number of nitrogens with two attached hydrogens (primary N) is 1. The Morgan fingerprint density at radius 3 is 2.54 bits per heavy atom. The molecule has 2 aromatic rings. The topological polar surface area (TPSA) is 63.4 Å². The summed E-state index contributed by atoms with van der Waals surface area (Å²) in [5.74, 6) is -1.17. The predicted molar refractivity (Wildman–Crippen MR) is 93.6 cm³/mol. The highest BCUT2D eigenvalue weighted by Gasteiger charge is 2.34. The standard InChI is InChI=1S/C18H16BrFN2O2/c19-15-9-14(11-5-7-12(20)8-6-11)13-3-1-2-4-16(13)22(18(15)24)10-17(21)23/h1-8,14-15H,9-10H2,(H2,21,23). The van der Waals surface area contributed by atoms with Crippen molar-refractivity contribution in [1.82, 2.24) is 0 Å². The molecule has 124 valence electrons. The molecule has 2 N–H and O–H groups in total. The Labute approximate surface area is 147 Å². The van der Waals surface area contributed by atoms with Crippen molar-refractivity contribution < 1.29 is 14.0 Å². The van der Waals surface area contributed by atoms with Crippen LogP contribution in [-0.4, -0.2) is 23.2 Å². The van der Waals surface area contributed by atoms with E-state index >= 15 is 0 Å². The molecule has 0 aromatic heterocycles. The third kappa shape index (κ3) is 3.19. The lowest BCUT2D eigenvalue weighted by Gasteiger charge is -2.23. The van der Waals surface area contributed by atoms with Gasteiger partial charge in [0.1, 0.15) is 12.4 Å². The van der Waals surface area contributed by atoms with Crippen molar-refractivity contribution in [2.24, 2.45) is 5.73 Å². The molecule has 6 heteroatoms. The lowest BCUT2D eigenvalue weighted by molar-refractivity contribution is -0.122. The van der Waals surface area contributed by atoms with Gasteiger partial charge in [0.25, 0.3) is 0 Å². The first-order valence-electron chi connectivity index (χ1n) is 7.55. The molecule has 2 aromatic carbocycles. The highest BCUT2D eigenvalue weighted by molar-refractivity contribution is 9.10. The average molecular weight is 391 g/mol. The Morgan fingerprint density at radius 2 is 1.88 bits per heavy atom. The second-order valence-electron chi connectivity index (χ2n) is 5.76. The van der Waals surface area contributed by atoms with Gasteiger partial charge in [-0.05, 0) is 35.7 Å². The van der Waals surface area contributed by atoms with Gasteiger partial charge >= 0.3 is 0 Å². The Kier molecular flexibility index (Phi) is 4.66. The Balaban J connectivity index is 2.12. The Hall–Kier alpha value is -2.21. The minimum Gasteiger partial charge on any atom is -0.368 e. The quantitative estimate of drug-likeness (QED) is 0.818. The highest BCUT2D eigenvalue weighted by atomic mass is 79.9. The van der Waals surface area contributed by atoms with E-state index in [1.54, 1.807) is 18.2 Å². The van der Waals surface area contributed by atoms with Crippen molar-refractivity contribution in [2.75, 3.05) is 11.4 Å². The predicted octanol–water partition coefficient (Wildman–Crippen LogP) is 2.94. The first kappa shape index (κ1) is 16.6. The van der Waals surface area contributed by atoms with Crippen molar-refractivity contribution in [2.45, 2.75) is 17.2 Å². The fraction of sp³-hybridized carbons (Fsp3) is 0.222. The van der Waals surface area contributed by atoms with Gasteiger partial charge in [-0.15, -0.1) is 0 Å². The molecule has 0 saturated carbocycles. The number of primary amides is 1. The van der Waals surface area contributed by atoms with Crippen molar-refractivity contribution in [1.29, 1.82) is 0 Å². The summed E-state index contributed by atoms with van der Waals surface area (Å²) in [4.78, 5) is 25.0. The fourth-order valence-electron chi connectivity index (χ4n) is 3.08. The zero-order valence-corrected chi connectivity index (χ0v) is 14.4. The van der Waals surface area contributed by atoms with Gasteiger partial charge in [0.15, 0.2) is 0 Å². The van der Waals surface area contributed by atoms with Crippen LogP contribution < -0.4 is 10.6 Å². The number of benzene rings is 2. The van der Waals surface area contributed by atoms with Crippen molar-refractivity contribution in [3.63, 3.8) is 0 Å². The van der Waals surface area contributed by atoms with Gasteiger partial charge in [-0.3, -0.25) is 9.59 Å². The number of carbonyl (C=O) groups is 2. The minimum atomic E-state index is -0.571. The van der Waals surface area contributed by atoms with E-state index in [1.165, 1.54) is 17.0 Å². The number of alkyl halides is 1. The van der Waals surface area contributed by atoms with Crippen LogP contribution in [0.4, 0.5) is 10.1 Å². The monoisotopic (exact) mass is 390 g/mol. The second kappa shape index (κ2) is 6.73. The third-order valence-corrected chi connectivity index (χ3v) is 4.93. The lowest BCUT2D eigenvalue weighted by atomic mass is 9.87. The van der Waals surface area contributed by atoms with Gasteiger partial charge in [0.05, 0.1) is 4.83 Å². The van der Waals surface area contributed by atoms with Crippen LogP contribution in [0.15, 0.2) is 48.5 Å². The fourth-order valence-corrected chi connectivity index (χ4v) is 3.70. The van der Waals surface area contributed by atoms with Gasteiger partial charge in [-0.1, -0.05) is 46.3 Å². The van der Waals surface area contributed by atoms with Gasteiger partial charge in [-0.2, -0.15) is 0 Å². The van der Waals surface area contributed by atoms with E-state index in [-0.39, 0.29) is 24.2 Å². The van der Waals surface area contributed by atoms with Crippen LogP contribution >= 0.6 is 15.9 Å². The molecule has 1 heterocycles. The number of carbonyl (C=O) groups excluding carboxylic acids is 2. The van der Waals surface area contributed by atoms with Gasteiger partial charge in [0, 0.05) is 11.6 Å². The summed E-state index contributed by atoms with van der Waals surface area (Å²) in [5, 5.41) is 0. The van der Waals surface area contributed by atoms with E-state index in [4.69, 9.17) is 5.73 Å². The number of rotatable bonds is 3. The summed E-state index contributed by atoms with van der Waals surface area (Å²) in [7, 11) is 0. The maximum absolute atomic E-state index is 13.3. The Bertz CT molecular complexity index is 779. The van der Waals surface area contributed by atoms with E-state index in [1.807, 2.05) is 18.2 Å². The van der Waals surface area contributed by atoms with Crippen molar-refractivity contribution >= 4 is 33.4 Å². The molecule has 0 bridgehead atoms. The van der Waals surface area contributed by atoms with E-state index in [9.17, 15) is 14.0 Å². The summed E-state index contributed by atoms with van der Waals surface area (Å²) in [6.45, 7) is -0.173. The third-order valence-electron chi connectivity index (χ3n) is 4.17. The van der Waals surface area contributed by atoms with Crippen molar-refractivity contribution in [3.05, 3.63) is 65.5 Å². The molecule has 3 rings (SSSR count). The first-order valence-corrected chi connectivity index (χ1v) is 8.47. The van der Waals surface area contributed by atoms with Crippen LogP contribution in [-0.2, 0) is 9.59 Å². The number of halogens is 2. The second-order valence-corrected chi connectivity index (χ2v) is 6.86. The number of fused-ring (bicyclic) bond motifs is 1. The molecular weight excluding hydrogens is 375 g/mol. The summed E-state index contributed by atoms with van der Waals surface area (Å²) >= 11 is 3.43. The van der Waals surface area contributed by atoms with E-state index in [0.29, 0.717) is 12.1 Å². The zero-order valence-electron chi connectivity index (χ0n) is 12.8. The number of anilines is 1. The molecule has 0 spiro atoms. The SMILES string of the molecule is NC(=O)CN1C(=O)C(Br)CC(c2ccc(F)cc2)c2ccccc21. The maximum Gasteiger partial charge on any atom is 0.241 e. The summed E-state index contributed by atoms with van der Waals surface area (Å²) in [6.07, 6.45) is 0.511. The average Bonchev–Trinajstić information content (AvgIpc) is 2.66. The summed E-state index contributed by atoms with van der Waals surface area (Å²) in [6, 6.07) is 13.7. The minimum absolute atomic E-state index is 0.0898. The number of hydrogen-bond donors (Lipinski definition) is 1. The molecule has 0 radical (unpaired) electrons. The summed E-state index contributed by atoms with van der Waals surface area (Å²) < 4.78 is 13.3. The normalized spacial score (nSPS) is 20.4. The van der Waals surface area contributed by atoms with E-state index < -0.39 is 10.7 Å². The largest absolute Gasteiger partial charge is 0.368 e. The molecular formula is C18H16BrFN2O2. The number of para-hydroxylation sites is 1. The zero-order chi connectivity index (χ0) is 17.3. The molecule has 0 aliphatic carbocycles. The molecule has 1 aliphatic rings. The van der Waals surface area contributed by atoms with Crippen LogP contribution in [0.2, 0.25) is 0 Å². The maximum atomic E-state index is 13.3. The van der Waals surface area contributed by atoms with E-state index in [0.717, 1.165) is 11.1 Å². The number of hydrogen-bond acceptors (Lipinski definition) is 2. The lowest BCUT2D eigenvalue weighted by Crippen LogP contribution is -2.41. The molecule has 0 fully saturated rings. The highest BCUT2D eigenvalue weighted by Crippen LogP contribution is 2.40. The Morgan fingerprint density at radius 1 is 1.21 bits per heavy atom. The van der Waals surface area contributed by atoms with Gasteiger partial charge in [-0.25, -0.2) is 4.39 Å². The molecule has 1 aliphatic heterocycles. The first-order chi connectivity index (χ1) is 11.5. The number of nitrogens with zero attached hydrogens (tertiary/aromatic N) is 1. The van der Waals surface area contributed by atoms with Gasteiger partial charge in [0.2, 0.25) is 11.8 Å². The molecule has 2 atom stereocenters. The summed E-state index contributed by atoms with van der Waals surface area (Å²) in [5.41, 5.74) is 7.81. The van der Waals surface area contributed by atoms with Gasteiger partial charge < -0.3 is 10.6 Å². The van der Waals surface area contributed by atoms with Crippen LogP contribution in [0.3, 0.4) is 0 Å². The molecule has 24 heavy (non-hydrogen) atoms. The molecule has 2 unspecified atom stereocenters. The van der Waals surface area contributed by atoms with Crippen molar-refractivity contribution in [3.8, 4) is 0 Å². The molecule has 2 amide bonds. The van der Waals surface area contributed by atoms with Crippen LogP contribution in [0.5, 0.6) is 0 Å². The van der Waals surface area contributed by atoms with Crippen LogP contribution in [0, 0.1) is 5.82 Å². The smallest absolute Gasteiger partial charge is 0.241 e. The number of amides is 2. The molecule has 4 nitrogen and oxygen atoms in total. The van der Waals surface area contributed by atoms with Crippen LogP contribution in [0.1, 0.15) is 23.5 Å². The molecule has 0 saturated heterocycles. The van der Waals surface area contributed by atoms with E-state index in [2.05, 4.69) is 15.9 Å².